The molecule has 1 aromatic heterocycles. The highest BCUT2D eigenvalue weighted by Crippen LogP contribution is 2.32. The highest BCUT2D eigenvalue weighted by atomic mass is 32.2. The van der Waals surface area contributed by atoms with Gasteiger partial charge in [0.25, 0.3) is 5.56 Å². The Hall–Kier alpha value is -3.38. The van der Waals surface area contributed by atoms with Crippen molar-refractivity contribution in [3.8, 4) is 0 Å². The van der Waals surface area contributed by atoms with E-state index < -0.39 is 0 Å². The summed E-state index contributed by atoms with van der Waals surface area (Å²) >= 11 is 1.33. The number of aromatic nitrogens is 2. The van der Waals surface area contributed by atoms with Gasteiger partial charge in [-0.05, 0) is 42.7 Å². The number of fused-ring (bicyclic) bond motifs is 2. The van der Waals surface area contributed by atoms with Gasteiger partial charge < -0.3 is 4.90 Å². The monoisotopic (exact) mass is 441 g/mol. The van der Waals surface area contributed by atoms with Gasteiger partial charge in [0.1, 0.15) is 0 Å². The topological polar surface area (TPSA) is 55.2 Å². The van der Waals surface area contributed by atoms with Gasteiger partial charge >= 0.3 is 0 Å². The number of anilines is 1. The van der Waals surface area contributed by atoms with Crippen LogP contribution >= 0.6 is 11.8 Å². The van der Waals surface area contributed by atoms with E-state index in [2.05, 4.69) is 13.0 Å². The third kappa shape index (κ3) is 3.82. The van der Waals surface area contributed by atoms with E-state index in [-0.39, 0.29) is 23.3 Å². The molecule has 0 saturated heterocycles. The number of benzene rings is 3. The van der Waals surface area contributed by atoms with Gasteiger partial charge in [-0.3, -0.25) is 14.2 Å². The summed E-state index contributed by atoms with van der Waals surface area (Å²) in [5.41, 5.74) is 3.76. The molecule has 0 fully saturated rings. The first kappa shape index (κ1) is 20.5. The number of nitrogens with zero attached hydrogens (tertiary/aromatic N) is 3. The molecule has 5 rings (SSSR count). The summed E-state index contributed by atoms with van der Waals surface area (Å²) in [4.78, 5) is 33.1. The zero-order valence-electron chi connectivity index (χ0n) is 17.8. The fraction of sp³-hybridized carbons (Fsp3) is 0.192. The van der Waals surface area contributed by atoms with Crippen LogP contribution in [0.1, 0.15) is 18.1 Å². The number of rotatable bonds is 5. The standard InChI is InChI=1S/C26H23N3O2S/c1-18-15-20-11-5-8-14-23(20)29(18)24(30)17-32-26-27-22-13-7-6-12-21(22)25(31)28(26)16-19-9-3-2-4-10-19/h2-14,18H,15-17H2,1H3. The Morgan fingerprint density at radius 1 is 1.00 bits per heavy atom. The largest absolute Gasteiger partial charge is 0.308 e. The smallest absolute Gasteiger partial charge is 0.262 e. The second kappa shape index (κ2) is 8.63. The lowest BCUT2D eigenvalue weighted by atomic mass is 10.1. The van der Waals surface area contributed by atoms with Crippen molar-refractivity contribution in [2.45, 2.75) is 31.1 Å². The maximum Gasteiger partial charge on any atom is 0.262 e. The lowest BCUT2D eigenvalue weighted by Gasteiger charge is -2.23. The van der Waals surface area contributed by atoms with Gasteiger partial charge in [-0.25, -0.2) is 4.98 Å². The first-order chi connectivity index (χ1) is 15.6. The predicted molar refractivity (Wildman–Crippen MR) is 129 cm³/mol. The minimum absolute atomic E-state index is 0.0288. The maximum atomic E-state index is 13.3. The predicted octanol–water partition coefficient (Wildman–Crippen LogP) is 4.51. The minimum atomic E-state index is -0.0886. The highest BCUT2D eigenvalue weighted by molar-refractivity contribution is 7.99. The average Bonchev–Trinajstić information content (AvgIpc) is 3.16. The van der Waals surface area contributed by atoms with Crippen molar-refractivity contribution in [1.29, 1.82) is 0 Å². The van der Waals surface area contributed by atoms with E-state index in [1.165, 1.54) is 17.3 Å². The highest BCUT2D eigenvalue weighted by Gasteiger charge is 2.30. The van der Waals surface area contributed by atoms with Crippen LogP contribution in [-0.4, -0.2) is 27.3 Å². The van der Waals surface area contributed by atoms with Crippen molar-refractivity contribution in [1.82, 2.24) is 9.55 Å². The molecular weight excluding hydrogens is 418 g/mol. The quantitative estimate of drug-likeness (QED) is 0.338. The summed E-state index contributed by atoms with van der Waals surface area (Å²) in [6, 6.07) is 25.4. The van der Waals surface area contributed by atoms with E-state index in [1.54, 1.807) is 10.6 Å². The first-order valence-electron chi connectivity index (χ1n) is 10.7. The molecule has 0 bridgehead atoms. The number of para-hydroxylation sites is 2. The van der Waals surface area contributed by atoms with Crippen LogP contribution in [0.3, 0.4) is 0 Å². The van der Waals surface area contributed by atoms with E-state index in [0.29, 0.717) is 22.6 Å². The van der Waals surface area contributed by atoms with Crippen LogP contribution in [0.15, 0.2) is 88.8 Å². The molecule has 1 aliphatic rings. The lowest BCUT2D eigenvalue weighted by Crippen LogP contribution is -2.37. The molecule has 3 aromatic carbocycles. The number of carbonyl (C=O) groups excluding carboxylic acids is 1. The molecule has 160 valence electrons. The molecule has 32 heavy (non-hydrogen) atoms. The summed E-state index contributed by atoms with van der Waals surface area (Å²) in [6.45, 7) is 2.49. The van der Waals surface area contributed by atoms with Crippen LogP contribution in [0, 0.1) is 0 Å². The Morgan fingerprint density at radius 3 is 2.56 bits per heavy atom. The van der Waals surface area contributed by atoms with E-state index >= 15 is 0 Å². The lowest BCUT2D eigenvalue weighted by molar-refractivity contribution is -0.116. The molecule has 0 spiro atoms. The molecule has 1 atom stereocenters. The van der Waals surface area contributed by atoms with Crippen LogP contribution in [0.2, 0.25) is 0 Å². The van der Waals surface area contributed by atoms with Crippen LogP contribution in [0.25, 0.3) is 10.9 Å². The van der Waals surface area contributed by atoms with Gasteiger partial charge in [0.15, 0.2) is 5.16 Å². The summed E-state index contributed by atoms with van der Waals surface area (Å²) < 4.78 is 1.68. The van der Waals surface area contributed by atoms with Gasteiger partial charge in [-0.15, -0.1) is 0 Å². The SMILES string of the molecule is CC1Cc2ccccc2N1C(=O)CSc1nc2ccccc2c(=O)n1Cc1ccccc1. The minimum Gasteiger partial charge on any atom is -0.308 e. The van der Waals surface area contributed by atoms with Crippen LogP contribution in [0.4, 0.5) is 5.69 Å². The zero-order valence-corrected chi connectivity index (χ0v) is 18.6. The number of thioether (sulfide) groups is 1. The Kier molecular flexibility index (Phi) is 5.53. The zero-order chi connectivity index (χ0) is 22.1. The summed E-state index contributed by atoms with van der Waals surface area (Å²) in [5.74, 6) is 0.249. The van der Waals surface area contributed by atoms with Gasteiger partial charge in [0, 0.05) is 11.7 Å². The molecule has 2 heterocycles. The third-order valence-electron chi connectivity index (χ3n) is 5.81. The fourth-order valence-electron chi connectivity index (χ4n) is 4.30. The first-order valence-corrected chi connectivity index (χ1v) is 11.7. The molecule has 6 heteroatoms. The number of hydrogen-bond donors (Lipinski definition) is 0. The molecule has 1 unspecified atom stereocenters. The Labute approximate surface area is 190 Å². The Balaban J connectivity index is 1.46. The molecule has 1 amide bonds. The molecule has 0 radical (unpaired) electrons. The summed E-state index contributed by atoms with van der Waals surface area (Å²) in [7, 11) is 0. The van der Waals surface area contributed by atoms with E-state index in [4.69, 9.17) is 4.98 Å². The Morgan fingerprint density at radius 2 is 1.72 bits per heavy atom. The van der Waals surface area contributed by atoms with Gasteiger partial charge in [0.2, 0.25) is 5.91 Å². The van der Waals surface area contributed by atoms with Crippen molar-refractivity contribution in [2.24, 2.45) is 0 Å². The summed E-state index contributed by atoms with van der Waals surface area (Å²) in [5, 5.41) is 1.15. The van der Waals surface area contributed by atoms with Crippen molar-refractivity contribution < 1.29 is 4.79 Å². The van der Waals surface area contributed by atoms with E-state index in [9.17, 15) is 9.59 Å². The maximum absolute atomic E-state index is 13.3. The fourth-order valence-corrected chi connectivity index (χ4v) is 5.16. The summed E-state index contributed by atoms with van der Waals surface area (Å²) in [6.07, 6.45) is 0.861. The molecule has 5 nitrogen and oxygen atoms in total. The van der Waals surface area contributed by atoms with E-state index in [0.717, 1.165) is 17.7 Å². The molecule has 4 aromatic rings. The molecule has 0 aliphatic carbocycles. The van der Waals surface area contributed by atoms with Crippen molar-refractivity contribution in [3.63, 3.8) is 0 Å². The van der Waals surface area contributed by atoms with Crippen molar-refractivity contribution >= 4 is 34.3 Å². The molecule has 1 aliphatic heterocycles. The van der Waals surface area contributed by atoms with Crippen LogP contribution in [0.5, 0.6) is 0 Å². The average molecular weight is 442 g/mol. The Bertz CT molecular complexity index is 1350. The van der Waals surface area contributed by atoms with Gasteiger partial charge in [-0.2, -0.15) is 0 Å². The number of amides is 1. The second-order valence-corrected chi connectivity index (χ2v) is 8.97. The van der Waals surface area contributed by atoms with Crippen LogP contribution < -0.4 is 10.5 Å². The van der Waals surface area contributed by atoms with E-state index in [1.807, 2.05) is 71.6 Å². The normalized spacial score (nSPS) is 15.2. The number of carbonyl (C=O) groups is 1. The van der Waals surface area contributed by atoms with Crippen molar-refractivity contribution in [2.75, 3.05) is 10.7 Å². The van der Waals surface area contributed by atoms with Crippen molar-refractivity contribution in [3.05, 3.63) is 100 Å². The van der Waals surface area contributed by atoms with Gasteiger partial charge in [0.05, 0.1) is 23.2 Å². The molecular formula is C26H23N3O2S. The van der Waals surface area contributed by atoms with Crippen LogP contribution in [-0.2, 0) is 17.8 Å². The third-order valence-corrected chi connectivity index (χ3v) is 6.77. The number of hydrogen-bond acceptors (Lipinski definition) is 4. The molecule has 0 saturated carbocycles. The second-order valence-electron chi connectivity index (χ2n) is 8.02. The van der Waals surface area contributed by atoms with Gasteiger partial charge in [-0.1, -0.05) is 72.4 Å². The molecule has 0 N–H and O–H groups in total.